The van der Waals surface area contributed by atoms with Gasteiger partial charge in [-0.25, -0.2) is 0 Å². The average molecular weight is 165 g/mol. The van der Waals surface area contributed by atoms with Gasteiger partial charge in [0.1, 0.15) is 0 Å². The molecule has 0 amide bonds. The molecule has 2 unspecified atom stereocenters. The van der Waals surface area contributed by atoms with Crippen molar-refractivity contribution < 1.29 is 0 Å². The van der Waals surface area contributed by atoms with Crippen LogP contribution in [0, 0.1) is 17.2 Å². The second-order valence-corrected chi connectivity index (χ2v) is 3.91. The fraction of sp³-hybridized carbons (Fsp3) is 0.889. The molecule has 0 bridgehead atoms. The maximum atomic E-state index is 8.82. The van der Waals surface area contributed by atoms with Crippen molar-refractivity contribution in [2.75, 3.05) is 13.1 Å². The third-order valence-corrected chi connectivity index (χ3v) is 2.93. The molecule has 0 aromatic heterocycles. The lowest BCUT2D eigenvalue weighted by Crippen LogP contribution is -2.47. The van der Waals surface area contributed by atoms with Crippen LogP contribution >= 0.6 is 0 Å². The zero-order chi connectivity index (χ0) is 8.55. The Hall–Kier alpha value is -0.590. The Labute approximate surface area is 73.1 Å². The molecule has 3 nitrogen and oxygen atoms in total. The van der Waals surface area contributed by atoms with Gasteiger partial charge in [0.05, 0.1) is 12.0 Å². The van der Waals surface area contributed by atoms with Crippen LogP contribution < -0.4 is 5.73 Å². The lowest BCUT2D eigenvalue weighted by Gasteiger charge is -2.33. The molecule has 1 aliphatic heterocycles. The van der Waals surface area contributed by atoms with Gasteiger partial charge in [-0.15, -0.1) is 0 Å². The van der Waals surface area contributed by atoms with Gasteiger partial charge in [-0.05, 0) is 25.8 Å². The van der Waals surface area contributed by atoms with Gasteiger partial charge in [-0.1, -0.05) is 0 Å². The second-order valence-electron chi connectivity index (χ2n) is 3.91. The van der Waals surface area contributed by atoms with Crippen molar-refractivity contribution in [2.24, 2.45) is 11.7 Å². The Morgan fingerprint density at radius 1 is 1.33 bits per heavy atom. The zero-order valence-electron chi connectivity index (χ0n) is 7.24. The fourth-order valence-electron chi connectivity index (χ4n) is 1.90. The predicted molar refractivity (Wildman–Crippen MR) is 46.3 cm³/mol. The SMILES string of the molecule is N#CC1CN(C2CC2)CCC1N. The van der Waals surface area contributed by atoms with E-state index in [1.807, 2.05) is 0 Å². The molecule has 0 aromatic carbocycles. The molecule has 0 aromatic rings. The highest BCUT2D eigenvalue weighted by molar-refractivity contribution is 4.99. The van der Waals surface area contributed by atoms with Crippen molar-refractivity contribution in [1.82, 2.24) is 4.90 Å². The maximum absolute atomic E-state index is 8.82. The second kappa shape index (κ2) is 3.04. The van der Waals surface area contributed by atoms with Crippen molar-refractivity contribution in [3.05, 3.63) is 0 Å². The van der Waals surface area contributed by atoms with Crippen molar-refractivity contribution in [2.45, 2.75) is 31.3 Å². The summed E-state index contributed by atoms with van der Waals surface area (Å²) in [5.74, 6) is 0.0688. The summed E-state index contributed by atoms with van der Waals surface area (Å²) in [6, 6.07) is 3.20. The quantitative estimate of drug-likeness (QED) is 0.609. The van der Waals surface area contributed by atoms with Crippen molar-refractivity contribution in [1.29, 1.82) is 5.26 Å². The first-order valence-electron chi connectivity index (χ1n) is 4.70. The topological polar surface area (TPSA) is 53.0 Å². The largest absolute Gasteiger partial charge is 0.326 e. The molecule has 2 atom stereocenters. The number of rotatable bonds is 1. The van der Waals surface area contributed by atoms with E-state index in [-0.39, 0.29) is 12.0 Å². The highest BCUT2D eigenvalue weighted by Gasteiger charge is 2.35. The van der Waals surface area contributed by atoms with Crippen LogP contribution in [0.25, 0.3) is 0 Å². The van der Waals surface area contributed by atoms with Gasteiger partial charge in [-0.2, -0.15) is 5.26 Å². The molecule has 1 saturated carbocycles. The van der Waals surface area contributed by atoms with Gasteiger partial charge in [-0.3, -0.25) is 4.90 Å². The van der Waals surface area contributed by atoms with Crippen LogP contribution in [0.1, 0.15) is 19.3 Å². The lowest BCUT2D eigenvalue weighted by atomic mass is 9.94. The summed E-state index contributed by atoms with van der Waals surface area (Å²) in [6.45, 7) is 2.01. The molecule has 3 heteroatoms. The number of hydrogen-bond donors (Lipinski definition) is 1. The Bertz CT molecular complexity index is 204. The minimum absolute atomic E-state index is 0.0688. The molecule has 1 heterocycles. The van der Waals surface area contributed by atoms with E-state index in [1.54, 1.807) is 0 Å². The van der Waals surface area contributed by atoms with E-state index in [1.165, 1.54) is 12.8 Å². The lowest BCUT2D eigenvalue weighted by molar-refractivity contribution is 0.173. The molecule has 1 aliphatic carbocycles. The van der Waals surface area contributed by atoms with E-state index in [0.717, 1.165) is 25.6 Å². The Morgan fingerprint density at radius 2 is 2.08 bits per heavy atom. The van der Waals surface area contributed by atoms with Gasteiger partial charge in [0.2, 0.25) is 0 Å². The smallest absolute Gasteiger partial charge is 0.0741 e. The molecular weight excluding hydrogens is 150 g/mol. The molecule has 2 aliphatic rings. The summed E-state index contributed by atoms with van der Waals surface area (Å²) in [5, 5.41) is 8.82. The Kier molecular flexibility index (Phi) is 2.03. The van der Waals surface area contributed by atoms with E-state index in [2.05, 4.69) is 11.0 Å². The minimum atomic E-state index is 0.0688. The Morgan fingerprint density at radius 3 is 2.67 bits per heavy atom. The number of nitrogens with zero attached hydrogens (tertiary/aromatic N) is 2. The molecule has 2 rings (SSSR count). The third-order valence-electron chi connectivity index (χ3n) is 2.93. The van der Waals surface area contributed by atoms with Gasteiger partial charge in [0, 0.05) is 18.6 Å². The van der Waals surface area contributed by atoms with Gasteiger partial charge < -0.3 is 5.73 Å². The van der Waals surface area contributed by atoms with E-state index >= 15 is 0 Å². The van der Waals surface area contributed by atoms with Crippen LogP contribution in [-0.2, 0) is 0 Å². The van der Waals surface area contributed by atoms with Crippen LogP contribution in [0.15, 0.2) is 0 Å². The number of likely N-dealkylation sites (tertiary alicyclic amines) is 1. The van der Waals surface area contributed by atoms with Gasteiger partial charge in [0.25, 0.3) is 0 Å². The molecular formula is C9H15N3. The highest BCUT2D eigenvalue weighted by atomic mass is 15.2. The van der Waals surface area contributed by atoms with E-state index < -0.39 is 0 Å². The fourth-order valence-corrected chi connectivity index (χ4v) is 1.90. The molecule has 1 saturated heterocycles. The number of hydrogen-bond acceptors (Lipinski definition) is 3. The van der Waals surface area contributed by atoms with Crippen LogP contribution in [0.4, 0.5) is 0 Å². The highest BCUT2D eigenvalue weighted by Crippen LogP contribution is 2.30. The molecule has 0 spiro atoms. The van der Waals surface area contributed by atoms with Crippen LogP contribution in [0.5, 0.6) is 0 Å². The number of nitrogens with two attached hydrogens (primary N) is 1. The third kappa shape index (κ3) is 1.45. The van der Waals surface area contributed by atoms with Crippen molar-refractivity contribution in [3.63, 3.8) is 0 Å². The number of nitriles is 1. The summed E-state index contributed by atoms with van der Waals surface area (Å²) in [7, 11) is 0. The standard InChI is InChI=1S/C9H15N3/c10-5-7-6-12(8-1-2-8)4-3-9(7)11/h7-9H,1-4,6,11H2. The first kappa shape index (κ1) is 8.03. The summed E-state index contributed by atoms with van der Waals surface area (Å²) in [4.78, 5) is 2.43. The normalized spacial score (nSPS) is 37.7. The van der Waals surface area contributed by atoms with E-state index in [4.69, 9.17) is 11.0 Å². The van der Waals surface area contributed by atoms with Gasteiger partial charge in [0.15, 0.2) is 0 Å². The minimum Gasteiger partial charge on any atom is -0.326 e. The molecule has 2 N–H and O–H groups in total. The Balaban J connectivity index is 1.93. The first-order chi connectivity index (χ1) is 5.81. The van der Waals surface area contributed by atoms with Crippen LogP contribution in [0.2, 0.25) is 0 Å². The molecule has 12 heavy (non-hydrogen) atoms. The predicted octanol–water partition coefficient (Wildman–Crippen LogP) is 0.322. The summed E-state index contributed by atoms with van der Waals surface area (Å²) < 4.78 is 0. The monoisotopic (exact) mass is 165 g/mol. The maximum Gasteiger partial charge on any atom is 0.0741 e. The first-order valence-corrected chi connectivity index (χ1v) is 4.70. The summed E-state index contributed by atoms with van der Waals surface area (Å²) >= 11 is 0. The van der Waals surface area contributed by atoms with Crippen molar-refractivity contribution in [3.8, 4) is 6.07 Å². The molecule has 66 valence electrons. The molecule has 2 fully saturated rings. The summed E-state index contributed by atoms with van der Waals surface area (Å²) in [5.41, 5.74) is 5.82. The van der Waals surface area contributed by atoms with E-state index in [0.29, 0.717) is 0 Å². The number of piperidine rings is 1. The van der Waals surface area contributed by atoms with Gasteiger partial charge >= 0.3 is 0 Å². The van der Waals surface area contributed by atoms with Crippen LogP contribution in [0.3, 0.4) is 0 Å². The molecule has 0 radical (unpaired) electrons. The van der Waals surface area contributed by atoms with E-state index in [9.17, 15) is 0 Å². The summed E-state index contributed by atoms with van der Waals surface area (Å²) in [6.07, 6.45) is 3.65. The van der Waals surface area contributed by atoms with Crippen molar-refractivity contribution >= 4 is 0 Å². The average Bonchev–Trinajstić information content (AvgIpc) is 2.88. The zero-order valence-corrected chi connectivity index (χ0v) is 7.24. The van der Waals surface area contributed by atoms with Crippen LogP contribution in [-0.4, -0.2) is 30.1 Å².